The molecule has 0 aliphatic carbocycles. The molecule has 0 spiro atoms. The van der Waals surface area contributed by atoms with Gasteiger partial charge in [0.05, 0.1) is 11.5 Å². The summed E-state index contributed by atoms with van der Waals surface area (Å²) in [6, 6.07) is 6.66. The van der Waals surface area contributed by atoms with Crippen molar-refractivity contribution in [3.8, 4) is 5.75 Å². The highest BCUT2D eigenvalue weighted by Crippen LogP contribution is 2.19. The Kier molecular flexibility index (Phi) is 5.29. The van der Waals surface area contributed by atoms with E-state index in [-0.39, 0.29) is 13.2 Å². The Morgan fingerprint density at radius 2 is 2.13 bits per heavy atom. The summed E-state index contributed by atoms with van der Waals surface area (Å²) in [4.78, 5) is 27.0. The summed E-state index contributed by atoms with van der Waals surface area (Å²) in [5, 5.41) is 15.1. The molecule has 1 unspecified atom stereocenters. The number of para-hydroxylation sites is 1. The Hall–Kier alpha value is -2.90. The maximum Gasteiger partial charge on any atom is 0.308 e. The highest BCUT2D eigenvalue weighted by Gasteiger charge is 2.16. The van der Waals surface area contributed by atoms with E-state index >= 15 is 0 Å². The summed E-state index contributed by atoms with van der Waals surface area (Å²) in [7, 11) is 0. The number of carboxylic acids is 1. The van der Waals surface area contributed by atoms with Crippen molar-refractivity contribution >= 4 is 11.9 Å². The average Bonchev–Trinajstić information content (AvgIpc) is 2.96. The standard InChI is InChI=1S/C15H17N3O5/c1-9(15(20)21)7-16-14(19)11-5-3-4-6-12(11)22-8-13-17-10(2)23-18-13/h3-6,9H,7-8H2,1-2H3,(H,16,19)(H,20,21). The predicted molar refractivity (Wildman–Crippen MR) is 78.9 cm³/mol. The van der Waals surface area contributed by atoms with Crippen molar-refractivity contribution in [2.75, 3.05) is 6.54 Å². The first-order chi connectivity index (χ1) is 11.0. The number of nitrogens with one attached hydrogen (secondary N) is 1. The maximum absolute atomic E-state index is 12.2. The van der Waals surface area contributed by atoms with Crippen molar-refractivity contribution in [3.63, 3.8) is 0 Å². The Morgan fingerprint density at radius 3 is 2.78 bits per heavy atom. The lowest BCUT2D eigenvalue weighted by molar-refractivity contribution is -0.140. The molecule has 0 aliphatic rings. The minimum atomic E-state index is -0.970. The second kappa shape index (κ2) is 7.39. The molecule has 1 atom stereocenters. The van der Waals surface area contributed by atoms with E-state index < -0.39 is 17.8 Å². The highest BCUT2D eigenvalue weighted by atomic mass is 16.5. The minimum absolute atomic E-state index is 0.0343. The molecule has 0 saturated carbocycles. The van der Waals surface area contributed by atoms with Crippen LogP contribution >= 0.6 is 0 Å². The Bertz CT molecular complexity index is 698. The molecule has 1 aromatic heterocycles. The van der Waals surface area contributed by atoms with E-state index in [2.05, 4.69) is 15.5 Å². The number of aryl methyl sites for hydroxylation is 1. The van der Waals surface area contributed by atoms with Crippen LogP contribution < -0.4 is 10.1 Å². The van der Waals surface area contributed by atoms with Gasteiger partial charge in [0.15, 0.2) is 6.61 Å². The molecule has 8 nitrogen and oxygen atoms in total. The fourth-order valence-electron chi connectivity index (χ4n) is 1.75. The van der Waals surface area contributed by atoms with Gasteiger partial charge < -0.3 is 19.7 Å². The summed E-state index contributed by atoms with van der Waals surface area (Å²) in [5.41, 5.74) is 0.310. The van der Waals surface area contributed by atoms with Crippen molar-refractivity contribution in [1.82, 2.24) is 15.5 Å². The van der Waals surface area contributed by atoms with Gasteiger partial charge in [-0.15, -0.1) is 0 Å². The second-order valence-electron chi connectivity index (χ2n) is 4.96. The molecule has 0 fully saturated rings. The summed E-state index contributed by atoms with van der Waals surface area (Å²) in [5.74, 6) is -0.889. The van der Waals surface area contributed by atoms with Crippen LogP contribution in [-0.2, 0) is 11.4 Å². The van der Waals surface area contributed by atoms with Gasteiger partial charge in [-0.2, -0.15) is 4.98 Å². The van der Waals surface area contributed by atoms with E-state index in [1.807, 2.05) is 0 Å². The lowest BCUT2D eigenvalue weighted by Gasteiger charge is -2.12. The van der Waals surface area contributed by atoms with E-state index in [1.54, 1.807) is 31.2 Å². The maximum atomic E-state index is 12.2. The number of carbonyl (C=O) groups excluding carboxylic acids is 1. The summed E-state index contributed by atoms with van der Waals surface area (Å²) < 4.78 is 10.4. The molecule has 8 heteroatoms. The first-order valence-electron chi connectivity index (χ1n) is 6.99. The largest absolute Gasteiger partial charge is 0.485 e. The van der Waals surface area contributed by atoms with Gasteiger partial charge in [0.1, 0.15) is 5.75 Å². The van der Waals surface area contributed by atoms with Crippen LogP contribution in [0.25, 0.3) is 0 Å². The predicted octanol–water partition coefficient (Wildman–Crippen LogP) is 1.41. The number of aromatic nitrogens is 2. The molecule has 0 bridgehead atoms. The van der Waals surface area contributed by atoms with Crippen LogP contribution in [0.1, 0.15) is 29.0 Å². The highest BCUT2D eigenvalue weighted by molar-refractivity contribution is 5.97. The van der Waals surface area contributed by atoms with Crippen LogP contribution in [0.5, 0.6) is 5.75 Å². The van der Waals surface area contributed by atoms with Gasteiger partial charge in [-0.05, 0) is 12.1 Å². The summed E-state index contributed by atoms with van der Waals surface area (Å²) in [6.45, 7) is 3.28. The quantitative estimate of drug-likeness (QED) is 0.792. The fourth-order valence-corrected chi connectivity index (χ4v) is 1.75. The lowest BCUT2D eigenvalue weighted by Crippen LogP contribution is -2.31. The smallest absolute Gasteiger partial charge is 0.308 e. The Balaban J connectivity index is 2.01. The van der Waals surface area contributed by atoms with Crippen molar-refractivity contribution in [3.05, 3.63) is 41.5 Å². The van der Waals surface area contributed by atoms with E-state index in [0.29, 0.717) is 23.0 Å². The minimum Gasteiger partial charge on any atom is -0.485 e. The number of hydrogen-bond donors (Lipinski definition) is 2. The molecular formula is C15H17N3O5. The third-order valence-corrected chi connectivity index (χ3v) is 3.05. The molecule has 1 amide bonds. The number of hydrogen-bond acceptors (Lipinski definition) is 6. The van der Waals surface area contributed by atoms with Gasteiger partial charge in [0.2, 0.25) is 11.7 Å². The van der Waals surface area contributed by atoms with E-state index in [4.69, 9.17) is 14.4 Å². The van der Waals surface area contributed by atoms with Gasteiger partial charge in [0.25, 0.3) is 5.91 Å². The van der Waals surface area contributed by atoms with Gasteiger partial charge in [-0.1, -0.05) is 24.2 Å². The number of rotatable bonds is 7. The van der Waals surface area contributed by atoms with Crippen molar-refractivity contribution in [2.24, 2.45) is 5.92 Å². The van der Waals surface area contributed by atoms with Crippen LogP contribution in [0.4, 0.5) is 0 Å². The van der Waals surface area contributed by atoms with Crippen molar-refractivity contribution in [1.29, 1.82) is 0 Å². The number of benzene rings is 1. The van der Waals surface area contributed by atoms with Gasteiger partial charge in [-0.25, -0.2) is 0 Å². The number of aliphatic carboxylic acids is 1. The molecule has 2 N–H and O–H groups in total. The van der Waals surface area contributed by atoms with Crippen molar-refractivity contribution in [2.45, 2.75) is 20.5 Å². The zero-order chi connectivity index (χ0) is 16.8. The zero-order valence-electron chi connectivity index (χ0n) is 12.8. The average molecular weight is 319 g/mol. The lowest BCUT2D eigenvalue weighted by atomic mass is 10.1. The van der Waals surface area contributed by atoms with Crippen LogP contribution in [0.15, 0.2) is 28.8 Å². The molecule has 2 aromatic rings. The Morgan fingerprint density at radius 1 is 1.39 bits per heavy atom. The van der Waals surface area contributed by atoms with Crippen LogP contribution in [0, 0.1) is 12.8 Å². The number of ether oxygens (including phenoxy) is 1. The number of nitrogens with zero attached hydrogens (tertiary/aromatic N) is 2. The van der Waals surface area contributed by atoms with E-state index in [1.165, 1.54) is 6.92 Å². The van der Waals surface area contributed by atoms with Gasteiger partial charge in [0, 0.05) is 13.5 Å². The molecule has 23 heavy (non-hydrogen) atoms. The molecule has 122 valence electrons. The molecule has 0 aliphatic heterocycles. The number of carbonyl (C=O) groups is 2. The molecule has 0 radical (unpaired) electrons. The zero-order valence-corrected chi connectivity index (χ0v) is 12.8. The monoisotopic (exact) mass is 319 g/mol. The van der Waals surface area contributed by atoms with Crippen LogP contribution in [0.3, 0.4) is 0 Å². The normalized spacial score (nSPS) is 11.7. The van der Waals surface area contributed by atoms with E-state index in [0.717, 1.165) is 0 Å². The van der Waals surface area contributed by atoms with Crippen molar-refractivity contribution < 1.29 is 24.0 Å². The van der Waals surface area contributed by atoms with Gasteiger partial charge >= 0.3 is 5.97 Å². The SMILES string of the molecule is Cc1nc(COc2ccccc2C(=O)NCC(C)C(=O)O)no1. The Labute approximate surface area is 132 Å². The molecule has 1 heterocycles. The van der Waals surface area contributed by atoms with E-state index in [9.17, 15) is 9.59 Å². The van der Waals surface area contributed by atoms with Crippen LogP contribution in [0.2, 0.25) is 0 Å². The third kappa shape index (κ3) is 4.53. The second-order valence-corrected chi connectivity index (χ2v) is 4.96. The first kappa shape index (κ1) is 16.5. The molecular weight excluding hydrogens is 302 g/mol. The van der Waals surface area contributed by atoms with Gasteiger partial charge in [-0.3, -0.25) is 9.59 Å². The molecule has 1 aromatic carbocycles. The fraction of sp³-hybridized carbons (Fsp3) is 0.333. The molecule has 0 saturated heterocycles. The topological polar surface area (TPSA) is 115 Å². The number of carboxylic acid groups (broad SMARTS) is 1. The number of amides is 1. The summed E-state index contributed by atoms with van der Waals surface area (Å²) >= 11 is 0. The first-order valence-corrected chi connectivity index (χ1v) is 6.99. The molecule has 2 rings (SSSR count). The summed E-state index contributed by atoms with van der Waals surface area (Å²) in [6.07, 6.45) is 0. The van der Waals surface area contributed by atoms with Crippen LogP contribution in [-0.4, -0.2) is 33.7 Å². The third-order valence-electron chi connectivity index (χ3n) is 3.05.